The molecule has 0 saturated carbocycles. The van der Waals surface area contributed by atoms with Crippen LogP contribution in [0.25, 0.3) is 0 Å². The van der Waals surface area contributed by atoms with Crippen molar-refractivity contribution in [3.05, 3.63) is 35.4 Å². The summed E-state index contributed by atoms with van der Waals surface area (Å²) in [5, 5.41) is 0. The molecule has 1 aromatic rings. The third kappa shape index (κ3) is 2.19. The Hall–Kier alpha value is -1.84. The molecule has 0 bridgehead atoms. The van der Waals surface area contributed by atoms with Crippen molar-refractivity contribution in [3.8, 4) is 0 Å². The Morgan fingerprint density at radius 3 is 2.85 bits per heavy atom. The molecule has 0 aromatic heterocycles. The highest BCUT2D eigenvalue weighted by Crippen LogP contribution is 2.37. The summed E-state index contributed by atoms with van der Waals surface area (Å²) in [7, 11) is 1.41. The monoisotopic (exact) mass is 273 g/mol. The largest absolute Gasteiger partial charge is 0.469 e. The molecular formula is C16H19NO3. The molecule has 4 nitrogen and oxygen atoms in total. The van der Waals surface area contributed by atoms with Gasteiger partial charge in [0, 0.05) is 13.1 Å². The summed E-state index contributed by atoms with van der Waals surface area (Å²) in [6, 6.07) is 8.09. The first-order valence-electron chi connectivity index (χ1n) is 7.15. The van der Waals surface area contributed by atoms with E-state index < -0.39 is 0 Å². The first-order valence-corrected chi connectivity index (χ1v) is 7.15. The Labute approximate surface area is 118 Å². The number of carbonyl (C=O) groups excluding carboxylic acids is 2. The van der Waals surface area contributed by atoms with E-state index >= 15 is 0 Å². The first kappa shape index (κ1) is 13.2. The van der Waals surface area contributed by atoms with Gasteiger partial charge in [-0.15, -0.1) is 0 Å². The average molecular weight is 273 g/mol. The van der Waals surface area contributed by atoms with Crippen LogP contribution < -0.4 is 0 Å². The maximum Gasteiger partial charge on any atom is 0.310 e. The highest BCUT2D eigenvalue weighted by Gasteiger charge is 2.37. The van der Waals surface area contributed by atoms with Gasteiger partial charge in [0.15, 0.2) is 0 Å². The molecule has 106 valence electrons. The zero-order valence-corrected chi connectivity index (χ0v) is 11.7. The number of hydrogen-bond acceptors (Lipinski definition) is 3. The lowest BCUT2D eigenvalue weighted by molar-refractivity contribution is -0.149. The smallest absolute Gasteiger partial charge is 0.310 e. The molecule has 2 unspecified atom stereocenters. The van der Waals surface area contributed by atoms with Crippen LogP contribution >= 0.6 is 0 Å². The lowest BCUT2D eigenvalue weighted by atomic mass is 9.76. The van der Waals surface area contributed by atoms with Gasteiger partial charge in [-0.25, -0.2) is 0 Å². The van der Waals surface area contributed by atoms with Crippen LogP contribution in [0.1, 0.15) is 29.9 Å². The van der Waals surface area contributed by atoms with Gasteiger partial charge in [0.05, 0.1) is 18.9 Å². The second kappa shape index (κ2) is 5.27. The standard InChI is InChI=1S/C16H19NO3/c1-20-16(19)12-6-4-8-17(10-12)15(18)14-9-11-5-2-3-7-13(11)14/h2-3,5,7,12,14H,4,6,8-10H2,1H3. The highest BCUT2D eigenvalue weighted by molar-refractivity contribution is 5.87. The van der Waals surface area contributed by atoms with Crippen LogP contribution in [0, 0.1) is 5.92 Å². The van der Waals surface area contributed by atoms with Crippen molar-refractivity contribution < 1.29 is 14.3 Å². The zero-order chi connectivity index (χ0) is 14.1. The molecule has 20 heavy (non-hydrogen) atoms. The van der Waals surface area contributed by atoms with E-state index in [1.807, 2.05) is 23.1 Å². The maximum atomic E-state index is 12.6. The highest BCUT2D eigenvalue weighted by atomic mass is 16.5. The van der Waals surface area contributed by atoms with Crippen LogP contribution in [0.15, 0.2) is 24.3 Å². The summed E-state index contributed by atoms with van der Waals surface area (Å²) in [6.45, 7) is 1.26. The summed E-state index contributed by atoms with van der Waals surface area (Å²) >= 11 is 0. The first-order chi connectivity index (χ1) is 9.70. The zero-order valence-electron chi connectivity index (χ0n) is 11.7. The van der Waals surface area contributed by atoms with Crippen molar-refractivity contribution >= 4 is 11.9 Å². The number of esters is 1. The summed E-state index contributed by atoms with van der Waals surface area (Å²) < 4.78 is 4.80. The minimum atomic E-state index is -0.198. The summed E-state index contributed by atoms with van der Waals surface area (Å²) in [4.78, 5) is 26.0. The molecule has 1 saturated heterocycles. The number of ether oxygens (including phenoxy) is 1. The van der Waals surface area contributed by atoms with Gasteiger partial charge in [-0.05, 0) is 30.4 Å². The Kier molecular flexibility index (Phi) is 3.47. The summed E-state index contributed by atoms with van der Waals surface area (Å²) in [6.07, 6.45) is 2.52. The van der Waals surface area contributed by atoms with E-state index in [0.717, 1.165) is 31.4 Å². The fourth-order valence-electron chi connectivity index (χ4n) is 3.24. The van der Waals surface area contributed by atoms with E-state index in [-0.39, 0.29) is 23.7 Å². The lowest BCUT2D eigenvalue weighted by Crippen LogP contribution is -2.46. The fraction of sp³-hybridized carbons (Fsp3) is 0.500. The Morgan fingerprint density at radius 2 is 2.10 bits per heavy atom. The van der Waals surface area contributed by atoms with Crippen LogP contribution in [-0.4, -0.2) is 37.0 Å². The number of nitrogens with zero attached hydrogens (tertiary/aromatic N) is 1. The molecule has 1 amide bonds. The van der Waals surface area contributed by atoms with Gasteiger partial charge in [0.25, 0.3) is 0 Å². The van der Waals surface area contributed by atoms with Crippen molar-refractivity contribution in [1.29, 1.82) is 0 Å². The molecular weight excluding hydrogens is 254 g/mol. The molecule has 1 aliphatic carbocycles. The van der Waals surface area contributed by atoms with Gasteiger partial charge >= 0.3 is 5.97 Å². The Morgan fingerprint density at radius 1 is 1.30 bits per heavy atom. The van der Waals surface area contributed by atoms with Gasteiger partial charge in [-0.3, -0.25) is 9.59 Å². The van der Waals surface area contributed by atoms with E-state index in [9.17, 15) is 9.59 Å². The number of methoxy groups -OCH3 is 1. The van der Waals surface area contributed by atoms with Crippen molar-refractivity contribution in [2.24, 2.45) is 5.92 Å². The van der Waals surface area contributed by atoms with E-state index in [2.05, 4.69) is 6.07 Å². The van der Waals surface area contributed by atoms with Gasteiger partial charge in [0.1, 0.15) is 0 Å². The Bertz CT molecular complexity index is 540. The number of likely N-dealkylation sites (tertiary alicyclic amines) is 1. The van der Waals surface area contributed by atoms with Gasteiger partial charge in [-0.2, -0.15) is 0 Å². The predicted molar refractivity (Wildman–Crippen MR) is 74.2 cm³/mol. The van der Waals surface area contributed by atoms with E-state index in [1.165, 1.54) is 12.7 Å². The molecule has 2 aliphatic rings. The molecule has 0 spiro atoms. The molecule has 0 radical (unpaired) electrons. The van der Waals surface area contributed by atoms with Crippen molar-refractivity contribution in [3.63, 3.8) is 0 Å². The number of fused-ring (bicyclic) bond motifs is 1. The van der Waals surface area contributed by atoms with Crippen molar-refractivity contribution in [1.82, 2.24) is 4.90 Å². The molecule has 1 heterocycles. The number of amides is 1. The molecule has 2 atom stereocenters. The SMILES string of the molecule is COC(=O)C1CCCN(C(=O)C2Cc3ccccc32)C1. The molecule has 1 aliphatic heterocycles. The Balaban J connectivity index is 1.68. The van der Waals surface area contributed by atoms with E-state index in [1.54, 1.807) is 0 Å². The average Bonchev–Trinajstić information content (AvgIpc) is 2.47. The number of hydrogen-bond donors (Lipinski definition) is 0. The quantitative estimate of drug-likeness (QED) is 0.771. The molecule has 4 heteroatoms. The summed E-state index contributed by atoms with van der Waals surface area (Å²) in [5.74, 6) is -0.204. The predicted octanol–water partition coefficient (Wildman–Crippen LogP) is 1.74. The number of carbonyl (C=O) groups is 2. The lowest BCUT2D eigenvalue weighted by Gasteiger charge is -2.37. The minimum absolute atomic E-state index is 0.0115. The minimum Gasteiger partial charge on any atom is -0.469 e. The molecule has 1 fully saturated rings. The van der Waals surface area contributed by atoms with E-state index in [4.69, 9.17) is 4.74 Å². The van der Waals surface area contributed by atoms with Crippen LogP contribution in [0.2, 0.25) is 0 Å². The molecule has 1 aromatic carbocycles. The normalized spacial score (nSPS) is 24.6. The van der Waals surface area contributed by atoms with Crippen molar-refractivity contribution in [2.75, 3.05) is 20.2 Å². The van der Waals surface area contributed by atoms with E-state index in [0.29, 0.717) is 6.54 Å². The fourth-order valence-corrected chi connectivity index (χ4v) is 3.24. The van der Waals surface area contributed by atoms with Crippen molar-refractivity contribution in [2.45, 2.75) is 25.2 Å². The third-order valence-corrected chi connectivity index (χ3v) is 4.42. The topological polar surface area (TPSA) is 46.6 Å². The number of piperidine rings is 1. The maximum absolute atomic E-state index is 12.6. The van der Waals surface area contributed by atoms with Gasteiger partial charge in [0.2, 0.25) is 5.91 Å². The molecule has 0 N–H and O–H groups in total. The number of benzene rings is 1. The van der Waals surface area contributed by atoms with Crippen LogP contribution in [-0.2, 0) is 20.7 Å². The molecule has 3 rings (SSSR count). The van der Waals surface area contributed by atoms with Crippen LogP contribution in [0.4, 0.5) is 0 Å². The second-order valence-electron chi connectivity index (χ2n) is 5.60. The summed E-state index contributed by atoms with van der Waals surface area (Å²) in [5.41, 5.74) is 2.42. The van der Waals surface area contributed by atoms with Crippen LogP contribution in [0.5, 0.6) is 0 Å². The van der Waals surface area contributed by atoms with Crippen LogP contribution in [0.3, 0.4) is 0 Å². The van der Waals surface area contributed by atoms with Gasteiger partial charge in [-0.1, -0.05) is 24.3 Å². The van der Waals surface area contributed by atoms with Gasteiger partial charge < -0.3 is 9.64 Å². The second-order valence-corrected chi connectivity index (χ2v) is 5.60. The number of rotatable bonds is 2. The third-order valence-electron chi connectivity index (χ3n) is 4.42.